The predicted octanol–water partition coefficient (Wildman–Crippen LogP) is 4.94. The predicted molar refractivity (Wildman–Crippen MR) is 97.3 cm³/mol. The zero-order valence-corrected chi connectivity index (χ0v) is 13.5. The van der Waals surface area contributed by atoms with Crippen molar-refractivity contribution in [3.63, 3.8) is 0 Å². The van der Waals surface area contributed by atoms with Gasteiger partial charge in [-0.1, -0.05) is 30.9 Å². The molecule has 1 aromatic heterocycles. The summed E-state index contributed by atoms with van der Waals surface area (Å²) in [5.74, 6) is 0.769. The maximum atomic E-state index is 10.8. The van der Waals surface area contributed by atoms with Crippen LogP contribution in [0, 0.1) is 10.1 Å². The highest BCUT2D eigenvalue weighted by molar-refractivity contribution is 7.19. The van der Waals surface area contributed by atoms with E-state index < -0.39 is 4.92 Å². The fourth-order valence-electron chi connectivity index (χ4n) is 2.18. The van der Waals surface area contributed by atoms with E-state index >= 15 is 0 Å². The number of hydrogen-bond acceptors (Lipinski definition) is 5. The molecular weight excluding hydrogens is 324 g/mol. The maximum absolute atomic E-state index is 10.8. The first-order valence-corrected chi connectivity index (χ1v) is 8.05. The van der Waals surface area contributed by atoms with Crippen molar-refractivity contribution in [2.45, 2.75) is 0 Å². The summed E-state index contributed by atoms with van der Waals surface area (Å²) in [6.07, 6.45) is 5.50. The van der Waals surface area contributed by atoms with Crippen molar-refractivity contribution in [1.29, 1.82) is 0 Å². The molecule has 0 amide bonds. The molecule has 0 aliphatic rings. The van der Waals surface area contributed by atoms with Crippen molar-refractivity contribution >= 4 is 39.4 Å². The first kappa shape index (κ1) is 15.9. The Balaban J connectivity index is 1.88. The van der Waals surface area contributed by atoms with E-state index in [9.17, 15) is 10.1 Å². The molecule has 0 spiro atoms. The van der Waals surface area contributed by atoms with Crippen LogP contribution in [0.2, 0.25) is 0 Å². The Morgan fingerprint density at radius 1 is 1.25 bits per heavy atom. The lowest BCUT2D eigenvalue weighted by Crippen LogP contribution is -1.94. The number of aromatic nitrogens is 1. The molecule has 0 aliphatic heterocycles. The second kappa shape index (κ2) is 7.06. The Kier molecular flexibility index (Phi) is 4.67. The van der Waals surface area contributed by atoms with Gasteiger partial charge in [-0.3, -0.25) is 10.1 Å². The van der Waals surface area contributed by atoms with Gasteiger partial charge in [-0.05, 0) is 24.3 Å². The molecule has 2 aromatic carbocycles. The van der Waals surface area contributed by atoms with Gasteiger partial charge in [-0.15, -0.1) is 11.3 Å². The highest BCUT2D eigenvalue weighted by atomic mass is 32.1. The van der Waals surface area contributed by atoms with E-state index in [2.05, 4.69) is 11.6 Å². The van der Waals surface area contributed by atoms with Crippen molar-refractivity contribution in [3.8, 4) is 5.75 Å². The number of ether oxygens (including phenoxy) is 1. The van der Waals surface area contributed by atoms with Crippen LogP contribution in [0.3, 0.4) is 0 Å². The number of nitro benzene ring substituents is 1. The second-order valence-corrected chi connectivity index (χ2v) is 5.99. The molecule has 1 heterocycles. The number of hydrogen-bond donors (Lipinski definition) is 0. The molecule has 0 fully saturated rings. The number of benzene rings is 2. The highest BCUT2D eigenvalue weighted by Crippen LogP contribution is 2.28. The Morgan fingerprint density at radius 3 is 2.88 bits per heavy atom. The minimum Gasteiger partial charge on any atom is -0.489 e. The Morgan fingerprint density at radius 2 is 2.08 bits per heavy atom. The van der Waals surface area contributed by atoms with Crippen LogP contribution in [0.1, 0.15) is 10.6 Å². The fraction of sp³-hybridized carbons (Fsp3) is 0.0556. The van der Waals surface area contributed by atoms with Crippen molar-refractivity contribution in [2.75, 3.05) is 6.61 Å². The molecule has 0 saturated carbocycles. The van der Waals surface area contributed by atoms with Crippen molar-refractivity contribution in [1.82, 2.24) is 4.98 Å². The number of rotatable bonds is 6. The van der Waals surface area contributed by atoms with Crippen LogP contribution in [-0.4, -0.2) is 16.5 Å². The lowest BCUT2D eigenvalue weighted by molar-refractivity contribution is -0.384. The van der Waals surface area contributed by atoms with Crippen molar-refractivity contribution < 1.29 is 9.66 Å². The molecule has 0 saturated heterocycles. The van der Waals surface area contributed by atoms with Crippen LogP contribution in [0.5, 0.6) is 5.75 Å². The van der Waals surface area contributed by atoms with E-state index in [-0.39, 0.29) is 5.69 Å². The smallest absolute Gasteiger partial charge is 0.270 e. The Hall–Kier alpha value is -2.99. The molecule has 24 heavy (non-hydrogen) atoms. The van der Waals surface area contributed by atoms with Crippen LogP contribution in [0.4, 0.5) is 5.69 Å². The molecule has 120 valence electrons. The number of nitro groups is 1. The van der Waals surface area contributed by atoms with E-state index in [4.69, 9.17) is 4.74 Å². The summed E-state index contributed by atoms with van der Waals surface area (Å²) >= 11 is 1.41. The van der Waals surface area contributed by atoms with E-state index in [1.54, 1.807) is 18.2 Å². The van der Waals surface area contributed by atoms with Crippen molar-refractivity contribution in [2.24, 2.45) is 0 Å². The summed E-state index contributed by atoms with van der Waals surface area (Å²) in [5.41, 5.74) is 1.76. The highest BCUT2D eigenvalue weighted by Gasteiger charge is 2.09. The quantitative estimate of drug-likeness (QED) is 0.363. The third kappa shape index (κ3) is 3.49. The number of para-hydroxylation sites is 1. The van der Waals surface area contributed by atoms with Gasteiger partial charge in [-0.25, -0.2) is 4.98 Å². The summed E-state index contributed by atoms with van der Waals surface area (Å²) in [6, 6.07) is 12.4. The molecule has 6 heteroatoms. The van der Waals surface area contributed by atoms with Gasteiger partial charge in [0.2, 0.25) is 0 Å². The molecule has 5 nitrogen and oxygen atoms in total. The van der Waals surface area contributed by atoms with E-state index in [0.29, 0.717) is 6.61 Å². The monoisotopic (exact) mass is 338 g/mol. The normalized spacial score (nSPS) is 11.0. The SMILES string of the molecule is C=CCOc1ccccc1/C=C/c1nc2ccc([N+](=O)[O-])cc2s1. The Bertz CT molecular complexity index is 931. The van der Waals surface area contributed by atoms with Crippen molar-refractivity contribution in [3.05, 3.63) is 75.8 Å². The topological polar surface area (TPSA) is 65.3 Å². The maximum Gasteiger partial charge on any atom is 0.270 e. The molecule has 0 bridgehead atoms. The summed E-state index contributed by atoms with van der Waals surface area (Å²) in [6.45, 7) is 4.08. The van der Waals surface area contributed by atoms with Gasteiger partial charge in [0.1, 0.15) is 17.4 Å². The first-order chi connectivity index (χ1) is 11.7. The van der Waals surface area contributed by atoms with Crippen LogP contribution in [0.25, 0.3) is 22.4 Å². The first-order valence-electron chi connectivity index (χ1n) is 7.23. The molecule has 0 radical (unpaired) electrons. The van der Waals surface area contributed by atoms with Gasteiger partial charge in [0.05, 0.1) is 15.1 Å². The minimum atomic E-state index is -0.401. The summed E-state index contributed by atoms with van der Waals surface area (Å²) in [4.78, 5) is 14.9. The number of non-ortho nitro benzene ring substituents is 1. The zero-order valence-electron chi connectivity index (χ0n) is 12.7. The van der Waals surface area contributed by atoms with E-state index in [1.165, 1.54) is 17.4 Å². The minimum absolute atomic E-state index is 0.0739. The van der Waals surface area contributed by atoms with Gasteiger partial charge >= 0.3 is 0 Å². The summed E-state index contributed by atoms with van der Waals surface area (Å²) in [5, 5.41) is 11.6. The third-order valence-corrected chi connectivity index (χ3v) is 4.26. The molecule has 0 atom stereocenters. The summed E-state index contributed by atoms with van der Waals surface area (Å²) < 4.78 is 6.41. The lowest BCUT2D eigenvalue weighted by atomic mass is 10.2. The zero-order chi connectivity index (χ0) is 16.9. The molecule has 0 aliphatic carbocycles. The number of thiazole rings is 1. The van der Waals surface area contributed by atoms with Gasteiger partial charge < -0.3 is 4.74 Å². The van der Waals surface area contributed by atoms with Gasteiger partial charge in [0.25, 0.3) is 5.69 Å². The molecule has 3 rings (SSSR count). The standard InChI is InChI=1S/C18H14N2O3S/c1-2-11-23-16-6-4-3-5-13(16)7-10-18-19-15-9-8-14(20(21)22)12-17(15)24-18/h2-10,12H,1,11H2/b10-7+. The van der Waals surface area contributed by atoms with Gasteiger partial charge in [-0.2, -0.15) is 0 Å². The number of nitrogens with zero attached hydrogens (tertiary/aromatic N) is 2. The largest absolute Gasteiger partial charge is 0.489 e. The lowest BCUT2D eigenvalue weighted by Gasteiger charge is -2.06. The molecular formula is C18H14N2O3S. The van der Waals surface area contributed by atoms with Gasteiger partial charge in [0, 0.05) is 17.7 Å². The Labute approximate surface area is 142 Å². The second-order valence-electron chi connectivity index (χ2n) is 4.93. The van der Waals surface area contributed by atoms with Crippen LogP contribution >= 0.6 is 11.3 Å². The fourth-order valence-corrected chi connectivity index (χ4v) is 3.08. The van der Waals surface area contributed by atoms with E-state index in [1.807, 2.05) is 36.4 Å². The molecule has 0 unspecified atom stereocenters. The third-order valence-electron chi connectivity index (χ3n) is 3.28. The average molecular weight is 338 g/mol. The van der Waals surface area contributed by atoms with Crippen LogP contribution < -0.4 is 4.74 Å². The molecule has 3 aromatic rings. The van der Waals surface area contributed by atoms with E-state index in [0.717, 1.165) is 26.5 Å². The number of fused-ring (bicyclic) bond motifs is 1. The summed E-state index contributed by atoms with van der Waals surface area (Å²) in [7, 11) is 0. The van der Waals surface area contributed by atoms with Crippen LogP contribution in [0.15, 0.2) is 55.1 Å². The average Bonchev–Trinajstić information content (AvgIpc) is 3.00. The van der Waals surface area contributed by atoms with Crippen LogP contribution in [-0.2, 0) is 0 Å². The van der Waals surface area contributed by atoms with Gasteiger partial charge in [0.15, 0.2) is 0 Å². The molecule has 0 N–H and O–H groups in total.